The molecule has 2 unspecified atom stereocenters. The number of rotatable bonds is 2. The first kappa shape index (κ1) is 10.3. The second-order valence-corrected chi connectivity index (χ2v) is 6.04. The SMILES string of the molecule is CC1CC(CP(=O)(O)O)SC1=O. The van der Waals surface area contributed by atoms with E-state index in [1.54, 1.807) is 6.92 Å². The minimum absolute atomic E-state index is 0.0495. The first-order valence-electron chi connectivity index (χ1n) is 3.63. The zero-order valence-electron chi connectivity index (χ0n) is 6.64. The highest BCUT2D eigenvalue weighted by Gasteiger charge is 2.34. The predicted molar refractivity (Wildman–Crippen MR) is 47.1 cm³/mol. The summed E-state index contributed by atoms with van der Waals surface area (Å²) in [6.07, 6.45) is 0.419. The van der Waals surface area contributed by atoms with Crippen LogP contribution in [0.4, 0.5) is 0 Å². The number of carbonyl (C=O) groups is 1. The van der Waals surface area contributed by atoms with Crippen LogP contribution in [-0.2, 0) is 9.36 Å². The van der Waals surface area contributed by atoms with E-state index in [1.807, 2.05) is 0 Å². The highest BCUT2D eigenvalue weighted by molar-refractivity contribution is 8.14. The fourth-order valence-electron chi connectivity index (χ4n) is 1.20. The fraction of sp³-hybridized carbons (Fsp3) is 0.833. The van der Waals surface area contributed by atoms with Gasteiger partial charge in [-0.1, -0.05) is 18.7 Å². The normalized spacial score (nSPS) is 31.1. The maximum atomic E-state index is 11.0. The largest absolute Gasteiger partial charge is 0.326 e. The lowest BCUT2D eigenvalue weighted by Gasteiger charge is -2.07. The van der Waals surface area contributed by atoms with Gasteiger partial charge >= 0.3 is 7.60 Å². The van der Waals surface area contributed by atoms with Crippen LogP contribution in [0.25, 0.3) is 0 Å². The van der Waals surface area contributed by atoms with Gasteiger partial charge in [-0.15, -0.1) is 0 Å². The van der Waals surface area contributed by atoms with Gasteiger partial charge in [-0.3, -0.25) is 9.36 Å². The van der Waals surface area contributed by atoms with Crippen LogP contribution in [0.3, 0.4) is 0 Å². The van der Waals surface area contributed by atoms with E-state index in [4.69, 9.17) is 9.79 Å². The second-order valence-electron chi connectivity index (χ2n) is 3.04. The molecular formula is C6H11O4PS. The molecule has 0 saturated carbocycles. The molecule has 1 aliphatic rings. The highest BCUT2D eigenvalue weighted by Crippen LogP contribution is 2.43. The quantitative estimate of drug-likeness (QED) is 0.660. The molecule has 2 N–H and O–H groups in total. The maximum Gasteiger partial charge on any atom is 0.326 e. The van der Waals surface area contributed by atoms with E-state index in [1.165, 1.54) is 0 Å². The van der Waals surface area contributed by atoms with Gasteiger partial charge in [-0.25, -0.2) is 0 Å². The highest BCUT2D eigenvalue weighted by atomic mass is 32.2. The third kappa shape index (κ3) is 2.90. The van der Waals surface area contributed by atoms with E-state index in [-0.39, 0.29) is 22.4 Å². The van der Waals surface area contributed by atoms with Crippen LogP contribution in [0.5, 0.6) is 0 Å². The van der Waals surface area contributed by atoms with Gasteiger partial charge in [-0.2, -0.15) is 0 Å². The van der Waals surface area contributed by atoms with E-state index < -0.39 is 7.60 Å². The van der Waals surface area contributed by atoms with Gasteiger partial charge < -0.3 is 9.79 Å². The number of thioether (sulfide) groups is 1. The molecule has 70 valence electrons. The summed E-state index contributed by atoms with van der Waals surface area (Å²) >= 11 is 1.07. The van der Waals surface area contributed by atoms with Crippen molar-refractivity contribution >= 4 is 24.5 Å². The lowest BCUT2D eigenvalue weighted by molar-refractivity contribution is -0.113. The van der Waals surface area contributed by atoms with Gasteiger partial charge in [0.1, 0.15) is 0 Å². The van der Waals surface area contributed by atoms with Crippen LogP contribution in [0.2, 0.25) is 0 Å². The van der Waals surface area contributed by atoms with Crippen molar-refractivity contribution < 1.29 is 19.1 Å². The Hall–Kier alpha value is 0.170. The zero-order chi connectivity index (χ0) is 9.35. The van der Waals surface area contributed by atoms with E-state index >= 15 is 0 Å². The number of hydrogen-bond donors (Lipinski definition) is 2. The lowest BCUT2D eigenvalue weighted by atomic mass is 10.1. The molecule has 0 amide bonds. The molecule has 1 saturated heterocycles. The van der Waals surface area contributed by atoms with Crippen LogP contribution in [-0.4, -0.2) is 26.3 Å². The van der Waals surface area contributed by atoms with E-state index in [2.05, 4.69) is 0 Å². The molecule has 0 aliphatic carbocycles. The van der Waals surface area contributed by atoms with Gasteiger partial charge in [0.05, 0.1) is 6.16 Å². The van der Waals surface area contributed by atoms with Gasteiger partial charge in [0.15, 0.2) is 5.12 Å². The van der Waals surface area contributed by atoms with Crippen LogP contribution >= 0.6 is 19.4 Å². The average molecular weight is 210 g/mol. The topological polar surface area (TPSA) is 74.6 Å². The summed E-state index contributed by atoms with van der Waals surface area (Å²) in [6, 6.07) is 0. The van der Waals surface area contributed by atoms with Crippen molar-refractivity contribution in [3.05, 3.63) is 0 Å². The Morgan fingerprint density at radius 3 is 2.58 bits per heavy atom. The monoisotopic (exact) mass is 210 g/mol. The predicted octanol–water partition coefficient (Wildman–Crippen LogP) is 0.832. The summed E-state index contributed by atoms with van der Waals surface area (Å²) in [5.74, 6) is -0.0495. The van der Waals surface area contributed by atoms with Crippen molar-refractivity contribution in [2.75, 3.05) is 6.16 Å². The molecule has 0 bridgehead atoms. The molecular weight excluding hydrogens is 199 g/mol. The summed E-state index contributed by atoms with van der Waals surface area (Å²) in [5.41, 5.74) is 0. The van der Waals surface area contributed by atoms with Crippen molar-refractivity contribution in [3.8, 4) is 0 Å². The summed E-state index contributed by atoms with van der Waals surface area (Å²) in [4.78, 5) is 28.3. The average Bonchev–Trinajstić information content (AvgIpc) is 2.07. The third-order valence-electron chi connectivity index (χ3n) is 1.74. The van der Waals surface area contributed by atoms with Crippen LogP contribution in [0.1, 0.15) is 13.3 Å². The molecule has 0 aromatic carbocycles. The summed E-state index contributed by atoms with van der Waals surface area (Å²) in [5, 5.41) is -0.137. The summed E-state index contributed by atoms with van der Waals surface area (Å²) in [6.45, 7) is 1.79. The molecule has 1 aliphatic heterocycles. The molecule has 12 heavy (non-hydrogen) atoms. The first-order valence-corrected chi connectivity index (χ1v) is 6.31. The molecule has 6 heteroatoms. The van der Waals surface area contributed by atoms with Crippen molar-refractivity contribution in [1.82, 2.24) is 0 Å². The molecule has 1 rings (SSSR count). The second kappa shape index (κ2) is 3.50. The summed E-state index contributed by atoms with van der Waals surface area (Å²) in [7, 11) is -3.94. The van der Waals surface area contributed by atoms with Crippen molar-refractivity contribution in [3.63, 3.8) is 0 Å². The summed E-state index contributed by atoms with van der Waals surface area (Å²) < 4.78 is 10.6. The minimum atomic E-state index is -3.94. The van der Waals surface area contributed by atoms with E-state index in [0.717, 1.165) is 11.8 Å². The van der Waals surface area contributed by atoms with Crippen molar-refractivity contribution in [1.29, 1.82) is 0 Å². The van der Waals surface area contributed by atoms with Crippen molar-refractivity contribution in [2.45, 2.75) is 18.6 Å². The molecule has 0 radical (unpaired) electrons. The Balaban J connectivity index is 2.48. The van der Waals surface area contributed by atoms with Crippen LogP contribution in [0.15, 0.2) is 0 Å². The van der Waals surface area contributed by atoms with Gasteiger partial charge in [0, 0.05) is 11.2 Å². The number of carbonyl (C=O) groups excluding carboxylic acids is 1. The molecule has 0 spiro atoms. The number of hydrogen-bond acceptors (Lipinski definition) is 3. The van der Waals surface area contributed by atoms with Gasteiger partial charge in [0.25, 0.3) is 0 Å². The van der Waals surface area contributed by atoms with E-state index in [9.17, 15) is 9.36 Å². The minimum Gasteiger partial charge on any atom is -0.324 e. The molecule has 1 fully saturated rings. The Kier molecular flexibility index (Phi) is 2.99. The lowest BCUT2D eigenvalue weighted by Crippen LogP contribution is -2.05. The van der Waals surface area contributed by atoms with Crippen LogP contribution < -0.4 is 0 Å². The van der Waals surface area contributed by atoms with Gasteiger partial charge in [-0.05, 0) is 6.42 Å². The van der Waals surface area contributed by atoms with Gasteiger partial charge in [0.2, 0.25) is 0 Å². The standard InChI is InChI=1S/C6H11O4PS/c1-4-2-5(12-6(4)7)3-11(8,9)10/h4-5H,2-3H2,1H3,(H2,8,9,10). The molecule has 1 heterocycles. The smallest absolute Gasteiger partial charge is 0.324 e. The first-order chi connectivity index (χ1) is 5.38. The zero-order valence-corrected chi connectivity index (χ0v) is 8.35. The molecule has 2 atom stereocenters. The Morgan fingerprint density at radius 1 is 1.67 bits per heavy atom. The maximum absolute atomic E-state index is 11.0. The van der Waals surface area contributed by atoms with Crippen molar-refractivity contribution in [2.24, 2.45) is 5.92 Å². The fourth-order valence-corrected chi connectivity index (χ4v) is 3.80. The molecule has 0 aromatic heterocycles. The van der Waals surface area contributed by atoms with E-state index in [0.29, 0.717) is 6.42 Å². The Labute approximate surface area is 74.9 Å². The molecule has 0 aromatic rings. The Morgan fingerprint density at radius 2 is 2.25 bits per heavy atom. The Bertz CT molecular complexity index is 236. The molecule has 4 nitrogen and oxygen atoms in total. The third-order valence-corrected chi connectivity index (χ3v) is 4.23. The van der Waals surface area contributed by atoms with Crippen LogP contribution in [0, 0.1) is 5.92 Å².